The normalized spacial score (nSPS) is 15.4. The standard InChI is InChI=1S/C22H27FN2O2/c1-17-8-9-18(2)21(14-17)27-16-22(26)25-11-5-10-24(12-13-25)15-19-6-3-4-7-20(19)23/h3-4,6-9,14H,5,10-13,15-16H2,1-2H3. The average molecular weight is 370 g/mol. The number of ether oxygens (including phenoxy) is 1. The Balaban J connectivity index is 1.52. The van der Waals surface area contributed by atoms with Gasteiger partial charge in [0, 0.05) is 38.3 Å². The van der Waals surface area contributed by atoms with E-state index >= 15 is 0 Å². The van der Waals surface area contributed by atoms with Gasteiger partial charge in [0.15, 0.2) is 6.61 Å². The van der Waals surface area contributed by atoms with Crippen LogP contribution in [0.5, 0.6) is 5.75 Å². The van der Waals surface area contributed by atoms with Crippen LogP contribution in [0.3, 0.4) is 0 Å². The van der Waals surface area contributed by atoms with Crippen molar-refractivity contribution in [2.24, 2.45) is 0 Å². The molecule has 27 heavy (non-hydrogen) atoms. The molecule has 2 aromatic rings. The van der Waals surface area contributed by atoms with Crippen molar-refractivity contribution in [1.29, 1.82) is 0 Å². The van der Waals surface area contributed by atoms with E-state index in [0.717, 1.165) is 36.4 Å². The molecule has 5 heteroatoms. The summed E-state index contributed by atoms with van der Waals surface area (Å²) in [6.07, 6.45) is 0.879. The molecule has 0 bridgehead atoms. The first-order valence-corrected chi connectivity index (χ1v) is 9.46. The lowest BCUT2D eigenvalue weighted by Crippen LogP contribution is -2.38. The SMILES string of the molecule is Cc1ccc(C)c(OCC(=O)N2CCCN(Cc3ccccc3F)CC2)c1. The van der Waals surface area contributed by atoms with Crippen molar-refractivity contribution in [2.45, 2.75) is 26.8 Å². The Morgan fingerprint density at radius 1 is 1.07 bits per heavy atom. The minimum Gasteiger partial charge on any atom is -0.483 e. The van der Waals surface area contributed by atoms with Gasteiger partial charge in [-0.2, -0.15) is 0 Å². The molecule has 1 amide bonds. The van der Waals surface area contributed by atoms with Crippen LogP contribution in [0, 0.1) is 19.7 Å². The highest BCUT2D eigenvalue weighted by molar-refractivity contribution is 5.77. The summed E-state index contributed by atoms with van der Waals surface area (Å²) in [4.78, 5) is 16.6. The maximum atomic E-state index is 13.9. The lowest BCUT2D eigenvalue weighted by molar-refractivity contribution is -0.133. The molecule has 2 aromatic carbocycles. The summed E-state index contributed by atoms with van der Waals surface area (Å²) in [5.41, 5.74) is 2.84. The van der Waals surface area contributed by atoms with Gasteiger partial charge in [0.25, 0.3) is 5.91 Å². The Morgan fingerprint density at radius 2 is 1.89 bits per heavy atom. The molecule has 0 saturated carbocycles. The maximum Gasteiger partial charge on any atom is 0.260 e. The van der Waals surface area contributed by atoms with Gasteiger partial charge >= 0.3 is 0 Å². The van der Waals surface area contributed by atoms with Crippen LogP contribution in [0.2, 0.25) is 0 Å². The van der Waals surface area contributed by atoms with Gasteiger partial charge in [0.2, 0.25) is 0 Å². The number of carbonyl (C=O) groups is 1. The van der Waals surface area contributed by atoms with Crippen LogP contribution in [0.1, 0.15) is 23.1 Å². The third-order valence-corrected chi connectivity index (χ3v) is 4.99. The maximum absolute atomic E-state index is 13.9. The zero-order valence-corrected chi connectivity index (χ0v) is 16.1. The van der Waals surface area contributed by atoms with E-state index in [1.165, 1.54) is 6.07 Å². The summed E-state index contributed by atoms with van der Waals surface area (Å²) in [7, 11) is 0. The second-order valence-electron chi connectivity index (χ2n) is 7.16. The van der Waals surface area contributed by atoms with Crippen molar-refractivity contribution in [2.75, 3.05) is 32.8 Å². The summed E-state index contributed by atoms with van der Waals surface area (Å²) < 4.78 is 19.6. The van der Waals surface area contributed by atoms with Gasteiger partial charge in [-0.15, -0.1) is 0 Å². The second kappa shape index (κ2) is 9.00. The number of amides is 1. The zero-order valence-electron chi connectivity index (χ0n) is 16.1. The third-order valence-electron chi connectivity index (χ3n) is 4.99. The number of benzene rings is 2. The summed E-state index contributed by atoms with van der Waals surface area (Å²) >= 11 is 0. The first-order chi connectivity index (χ1) is 13.0. The first kappa shape index (κ1) is 19.4. The number of hydrogen-bond acceptors (Lipinski definition) is 3. The van der Waals surface area contributed by atoms with Gasteiger partial charge in [0.1, 0.15) is 11.6 Å². The fourth-order valence-electron chi connectivity index (χ4n) is 3.34. The van der Waals surface area contributed by atoms with E-state index in [4.69, 9.17) is 4.74 Å². The quantitative estimate of drug-likeness (QED) is 0.807. The topological polar surface area (TPSA) is 32.8 Å². The number of nitrogens with zero attached hydrogens (tertiary/aromatic N) is 2. The number of carbonyl (C=O) groups excluding carboxylic acids is 1. The minimum atomic E-state index is -0.170. The van der Waals surface area contributed by atoms with Gasteiger partial charge < -0.3 is 9.64 Å². The summed E-state index contributed by atoms with van der Waals surface area (Å²) in [6.45, 7) is 7.57. The van der Waals surface area contributed by atoms with Crippen molar-refractivity contribution < 1.29 is 13.9 Å². The Bertz CT molecular complexity index is 794. The first-order valence-electron chi connectivity index (χ1n) is 9.46. The second-order valence-corrected chi connectivity index (χ2v) is 7.16. The molecule has 0 aromatic heterocycles. The van der Waals surface area contributed by atoms with Crippen LogP contribution in [-0.4, -0.2) is 48.5 Å². The van der Waals surface area contributed by atoms with Gasteiger partial charge in [-0.25, -0.2) is 4.39 Å². The molecule has 0 aliphatic carbocycles. The van der Waals surface area contributed by atoms with Crippen LogP contribution in [0.15, 0.2) is 42.5 Å². The van der Waals surface area contributed by atoms with Gasteiger partial charge in [0.05, 0.1) is 0 Å². The molecule has 1 aliphatic rings. The Labute approximate surface area is 160 Å². The number of rotatable bonds is 5. The molecular weight excluding hydrogens is 343 g/mol. The fourth-order valence-corrected chi connectivity index (χ4v) is 3.34. The van der Waals surface area contributed by atoms with E-state index < -0.39 is 0 Å². The van der Waals surface area contributed by atoms with Crippen molar-refractivity contribution in [3.05, 3.63) is 65.0 Å². The van der Waals surface area contributed by atoms with Gasteiger partial charge in [-0.1, -0.05) is 30.3 Å². The molecule has 3 rings (SSSR count). The highest BCUT2D eigenvalue weighted by atomic mass is 19.1. The average Bonchev–Trinajstić information content (AvgIpc) is 2.90. The van der Waals surface area contributed by atoms with Crippen LogP contribution in [0.4, 0.5) is 4.39 Å². The number of aryl methyl sites for hydroxylation is 2. The van der Waals surface area contributed by atoms with Gasteiger partial charge in [-0.3, -0.25) is 9.69 Å². The molecule has 0 atom stereocenters. The van der Waals surface area contributed by atoms with Crippen molar-refractivity contribution in [1.82, 2.24) is 9.80 Å². The van der Waals surface area contributed by atoms with Crippen LogP contribution < -0.4 is 4.74 Å². The molecule has 0 radical (unpaired) electrons. The molecule has 4 nitrogen and oxygen atoms in total. The predicted molar refractivity (Wildman–Crippen MR) is 104 cm³/mol. The lowest BCUT2D eigenvalue weighted by atomic mass is 10.1. The fraction of sp³-hybridized carbons (Fsp3) is 0.409. The Hall–Kier alpha value is -2.40. The number of hydrogen-bond donors (Lipinski definition) is 0. The molecule has 1 aliphatic heterocycles. The van der Waals surface area contributed by atoms with Crippen molar-refractivity contribution >= 4 is 5.91 Å². The highest BCUT2D eigenvalue weighted by Crippen LogP contribution is 2.19. The molecule has 1 fully saturated rings. The third kappa shape index (κ3) is 5.30. The smallest absolute Gasteiger partial charge is 0.260 e. The summed E-state index contributed by atoms with van der Waals surface area (Å²) in [5, 5.41) is 0. The molecule has 0 unspecified atom stereocenters. The molecular formula is C22H27FN2O2. The molecule has 1 heterocycles. The Morgan fingerprint density at radius 3 is 2.70 bits per heavy atom. The van der Waals surface area contributed by atoms with E-state index in [2.05, 4.69) is 4.90 Å². The minimum absolute atomic E-state index is 0.00338. The molecule has 144 valence electrons. The largest absolute Gasteiger partial charge is 0.483 e. The molecule has 0 N–H and O–H groups in total. The summed E-state index contributed by atoms with van der Waals surface area (Å²) in [5.74, 6) is 0.597. The Kier molecular flexibility index (Phi) is 6.45. The van der Waals surface area contributed by atoms with E-state index in [-0.39, 0.29) is 18.3 Å². The van der Waals surface area contributed by atoms with Crippen molar-refractivity contribution in [3.8, 4) is 5.75 Å². The van der Waals surface area contributed by atoms with Crippen molar-refractivity contribution in [3.63, 3.8) is 0 Å². The summed E-state index contributed by atoms with van der Waals surface area (Å²) in [6, 6.07) is 12.9. The van der Waals surface area contributed by atoms with E-state index in [1.54, 1.807) is 6.07 Å². The number of halogens is 1. The molecule has 1 saturated heterocycles. The van der Waals surface area contributed by atoms with Crippen LogP contribution in [0.25, 0.3) is 0 Å². The monoisotopic (exact) mass is 370 g/mol. The molecule has 0 spiro atoms. The lowest BCUT2D eigenvalue weighted by Gasteiger charge is -2.22. The van der Waals surface area contributed by atoms with Crippen LogP contribution >= 0.6 is 0 Å². The van der Waals surface area contributed by atoms with E-state index in [1.807, 2.05) is 49.1 Å². The van der Waals surface area contributed by atoms with E-state index in [0.29, 0.717) is 25.2 Å². The zero-order chi connectivity index (χ0) is 19.2. The van der Waals surface area contributed by atoms with E-state index in [9.17, 15) is 9.18 Å². The van der Waals surface area contributed by atoms with Gasteiger partial charge in [-0.05, 0) is 43.5 Å². The van der Waals surface area contributed by atoms with Crippen LogP contribution in [-0.2, 0) is 11.3 Å². The highest BCUT2D eigenvalue weighted by Gasteiger charge is 2.20. The predicted octanol–water partition coefficient (Wildman–Crippen LogP) is 3.56.